The van der Waals surface area contributed by atoms with E-state index in [-0.39, 0.29) is 6.04 Å². The molecule has 0 radical (unpaired) electrons. The van der Waals surface area contributed by atoms with E-state index in [4.69, 9.17) is 10.3 Å². The van der Waals surface area contributed by atoms with Crippen LogP contribution in [-0.2, 0) is 6.42 Å². The molecule has 0 bridgehead atoms. The monoisotopic (exact) mass is 247 g/mol. The van der Waals surface area contributed by atoms with Crippen LogP contribution < -0.4 is 5.73 Å². The second kappa shape index (κ2) is 5.68. The van der Waals surface area contributed by atoms with E-state index < -0.39 is 0 Å². The van der Waals surface area contributed by atoms with E-state index in [1.54, 1.807) is 12.4 Å². The van der Waals surface area contributed by atoms with E-state index in [1.807, 2.05) is 13.8 Å². The molecule has 18 heavy (non-hydrogen) atoms. The van der Waals surface area contributed by atoms with Gasteiger partial charge in [0, 0.05) is 24.9 Å². The summed E-state index contributed by atoms with van der Waals surface area (Å²) in [5.74, 6) is 1.53. The van der Waals surface area contributed by atoms with Crippen molar-refractivity contribution in [2.75, 3.05) is 0 Å². The first kappa shape index (κ1) is 12.6. The summed E-state index contributed by atoms with van der Waals surface area (Å²) >= 11 is 0. The highest BCUT2D eigenvalue weighted by atomic mass is 16.5. The summed E-state index contributed by atoms with van der Waals surface area (Å²) in [5, 5.41) is 3.87. The molecule has 1 unspecified atom stereocenters. The Kier molecular flexibility index (Phi) is 3.99. The molecule has 0 saturated carbocycles. The van der Waals surface area contributed by atoms with Crippen LogP contribution in [0.2, 0.25) is 0 Å². The van der Waals surface area contributed by atoms with E-state index in [0.717, 1.165) is 24.8 Å². The van der Waals surface area contributed by atoms with E-state index in [2.05, 4.69) is 20.1 Å². The van der Waals surface area contributed by atoms with Crippen molar-refractivity contribution in [3.8, 4) is 11.6 Å². The average Bonchev–Trinajstić information content (AvgIpc) is 2.78. The number of hydrogen-bond donors (Lipinski definition) is 1. The van der Waals surface area contributed by atoms with Crippen molar-refractivity contribution >= 4 is 0 Å². The molecule has 2 N–H and O–H groups in total. The first-order chi connectivity index (χ1) is 8.65. The average molecular weight is 247 g/mol. The molecule has 0 spiro atoms. The number of nitrogens with zero attached hydrogens (tertiary/aromatic N) is 4. The molecule has 96 valence electrons. The fraction of sp³-hybridized carbons (Fsp3) is 0.500. The SMILES string of the molecule is Cc1cnc(-c2noc(CCCC(C)N)n2)nc1. The molecular formula is C12H17N5O. The van der Waals surface area contributed by atoms with Crippen LogP contribution in [-0.4, -0.2) is 26.2 Å². The Labute approximate surface area is 106 Å². The number of aryl methyl sites for hydroxylation is 2. The highest BCUT2D eigenvalue weighted by Gasteiger charge is 2.10. The topological polar surface area (TPSA) is 90.7 Å². The summed E-state index contributed by atoms with van der Waals surface area (Å²) in [6.07, 6.45) is 6.08. The van der Waals surface area contributed by atoms with Gasteiger partial charge in [-0.05, 0) is 32.3 Å². The number of aromatic nitrogens is 4. The molecule has 2 aromatic rings. The van der Waals surface area contributed by atoms with Gasteiger partial charge in [-0.1, -0.05) is 5.16 Å². The second-order valence-electron chi connectivity index (χ2n) is 4.47. The second-order valence-corrected chi connectivity index (χ2v) is 4.47. The molecule has 2 aromatic heterocycles. The molecule has 0 aliphatic heterocycles. The van der Waals surface area contributed by atoms with Crippen LogP contribution in [0.1, 0.15) is 31.2 Å². The minimum Gasteiger partial charge on any atom is -0.339 e. The minimum atomic E-state index is 0.202. The molecule has 0 aliphatic carbocycles. The normalized spacial score (nSPS) is 12.6. The standard InChI is InChI=1S/C12H17N5O/c1-8-6-14-11(15-7-8)12-16-10(18-17-12)5-3-4-9(2)13/h6-7,9H,3-5,13H2,1-2H3. The van der Waals surface area contributed by atoms with Gasteiger partial charge in [-0.2, -0.15) is 4.98 Å². The summed E-state index contributed by atoms with van der Waals surface area (Å²) < 4.78 is 5.15. The van der Waals surface area contributed by atoms with Gasteiger partial charge < -0.3 is 10.3 Å². The van der Waals surface area contributed by atoms with Crippen molar-refractivity contribution < 1.29 is 4.52 Å². The van der Waals surface area contributed by atoms with Crippen LogP contribution in [0.15, 0.2) is 16.9 Å². The summed E-state index contributed by atoms with van der Waals surface area (Å²) in [6.45, 7) is 3.92. The van der Waals surface area contributed by atoms with Gasteiger partial charge in [0.05, 0.1) is 0 Å². The van der Waals surface area contributed by atoms with Crippen molar-refractivity contribution in [2.45, 2.75) is 39.2 Å². The first-order valence-electron chi connectivity index (χ1n) is 6.02. The zero-order chi connectivity index (χ0) is 13.0. The predicted octanol–water partition coefficient (Wildman–Crippen LogP) is 1.50. The van der Waals surface area contributed by atoms with E-state index >= 15 is 0 Å². The molecule has 2 heterocycles. The van der Waals surface area contributed by atoms with Gasteiger partial charge in [0.1, 0.15) is 0 Å². The van der Waals surface area contributed by atoms with Crippen LogP contribution in [0.4, 0.5) is 0 Å². The Balaban J connectivity index is 1.99. The highest BCUT2D eigenvalue weighted by molar-refractivity contribution is 5.40. The molecule has 0 fully saturated rings. The lowest BCUT2D eigenvalue weighted by Crippen LogP contribution is -2.14. The maximum Gasteiger partial charge on any atom is 0.240 e. The molecule has 1 atom stereocenters. The lowest BCUT2D eigenvalue weighted by molar-refractivity contribution is 0.373. The van der Waals surface area contributed by atoms with Gasteiger partial charge >= 0.3 is 0 Å². The number of hydrogen-bond acceptors (Lipinski definition) is 6. The van der Waals surface area contributed by atoms with Crippen molar-refractivity contribution in [3.63, 3.8) is 0 Å². The fourth-order valence-electron chi connectivity index (χ4n) is 1.53. The van der Waals surface area contributed by atoms with Crippen LogP contribution in [0.25, 0.3) is 11.6 Å². The third-order valence-corrected chi connectivity index (χ3v) is 2.50. The lowest BCUT2D eigenvalue weighted by atomic mass is 10.1. The molecule has 0 aromatic carbocycles. The molecule has 6 nitrogen and oxygen atoms in total. The summed E-state index contributed by atoms with van der Waals surface area (Å²) in [6, 6.07) is 0.202. The smallest absolute Gasteiger partial charge is 0.240 e. The Morgan fingerprint density at radius 3 is 2.67 bits per heavy atom. The molecule has 6 heteroatoms. The van der Waals surface area contributed by atoms with Gasteiger partial charge in [0.25, 0.3) is 0 Å². The van der Waals surface area contributed by atoms with Crippen LogP contribution in [0, 0.1) is 6.92 Å². The highest BCUT2D eigenvalue weighted by Crippen LogP contribution is 2.11. The summed E-state index contributed by atoms with van der Waals surface area (Å²) in [5.41, 5.74) is 6.68. The van der Waals surface area contributed by atoms with E-state index in [1.165, 1.54) is 0 Å². The zero-order valence-corrected chi connectivity index (χ0v) is 10.6. The van der Waals surface area contributed by atoms with Crippen LogP contribution in [0.3, 0.4) is 0 Å². The van der Waals surface area contributed by atoms with Crippen molar-refractivity contribution in [1.82, 2.24) is 20.1 Å². The molecular weight excluding hydrogens is 230 g/mol. The maximum atomic E-state index is 5.68. The summed E-state index contributed by atoms with van der Waals surface area (Å²) in [4.78, 5) is 12.6. The Hall–Kier alpha value is -1.82. The number of nitrogens with two attached hydrogens (primary N) is 1. The Bertz CT molecular complexity index is 491. The lowest BCUT2D eigenvalue weighted by Gasteiger charge is -2.00. The Morgan fingerprint density at radius 2 is 2.00 bits per heavy atom. The summed E-state index contributed by atoms with van der Waals surface area (Å²) in [7, 11) is 0. The predicted molar refractivity (Wildman–Crippen MR) is 66.6 cm³/mol. The number of rotatable bonds is 5. The molecule has 0 amide bonds. The fourth-order valence-corrected chi connectivity index (χ4v) is 1.53. The molecule has 2 rings (SSSR count). The largest absolute Gasteiger partial charge is 0.339 e. The van der Waals surface area contributed by atoms with Crippen LogP contribution in [0.5, 0.6) is 0 Å². The van der Waals surface area contributed by atoms with Crippen molar-refractivity contribution in [1.29, 1.82) is 0 Å². The van der Waals surface area contributed by atoms with Crippen molar-refractivity contribution in [3.05, 3.63) is 23.8 Å². The Morgan fingerprint density at radius 1 is 1.28 bits per heavy atom. The zero-order valence-electron chi connectivity index (χ0n) is 10.6. The van der Waals surface area contributed by atoms with Gasteiger partial charge in [-0.15, -0.1) is 0 Å². The third kappa shape index (κ3) is 3.33. The minimum absolute atomic E-state index is 0.202. The first-order valence-corrected chi connectivity index (χ1v) is 6.02. The van der Waals surface area contributed by atoms with Gasteiger partial charge in [-0.25, -0.2) is 9.97 Å². The van der Waals surface area contributed by atoms with Gasteiger partial charge in [0.15, 0.2) is 0 Å². The van der Waals surface area contributed by atoms with E-state index in [9.17, 15) is 0 Å². The van der Waals surface area contributed by atoms with Gasteiger partial charge in [-0.3, -0.25) is 0 Å². The maximum absolute atomic E-state index is 5.68. The van der Waals surface area contributed by atoms with Crippen molar-refractivity contribution in [2.24, 2.45) is 5.73 Å². The molecule has 0 saturated heterocycles. The molecule has 0 aliphatic rings. The quantitative estimate of drug-likeness (QED) is 0.861. The van der Waals surface area contributed by atoms with Crippen LogP contribution >= 0.6 is 0 Å². The third-order valence-electron chi connectivity index (χ3n) is 2.50. The van der Waals surface area contributed by atoms with E-state index in [0.29, 0.717) is 17.5 Å². The van der Waals surface area contributed by atoms with Gasteiger partial charge in [0.2, 0.25) is 17.5 Å².